The van der Waals surface area contributed by atoms with Crippen LogP contribution in [0.25, 0.3) is 0 Å². The minimum Gasteiger partial charge on any atom is -0.477 e. The number of carbonyl (C=O) groups is 3. The summed E-state index contributed by atoms with van der Waals surface area (Å²) in [6, 6.07) is -0.613. The van der Waals surface area contributed by atoms with E-state index in [0.717, 1.165) is 44.9 Å². The fraction of sp³-hybridized carbons (Fsp3) is 0.877. The Morgan fingerprint density at radius 1 is 0.462 bits per heavy atom. The first-order valence-corrected chi connectivity index (χ1v) is 27.9. The van der Waals surface area contributed by atoms with Gasteiger partial charge in [-0.1, -0.05) is 231 Å². The summed E-state index contributed by atoms with van der Waals surface area (Å²) in [6.45, 7) is 4.78. The molecule has 0 rings (SSSR count). The second-order valence-corrected chi connectivity index (χ2v) is 20.2. The molecule has 0 aromatic carbocycles. The summed E-state index contributed by atoms with van der Waals surface area (Å²) >= 11 is 0. The van der Waals surface area contributed by atoms with Gasteiger partial charge < -0.3 is 23.8 Å². The zero-order chi connectivity index (χ0) is 47.7. The van der Waals surface area contributed by atoms with Crippen molar-refractivity contribution >= 4 is 17.9 Å². The zero-order valence-corrected chi connectivity index (χ0v) is 43.7. The van der Waals surface area contributed by atoms with Crippen molar-refractivity contribution in [1.29, 1.82) is 0 Å². The molecule has 0 aliphatic rings. The highest BCUT2D eigenvalue weighted by Crippen LogP contribution is 2.17. The summed E-state index contributed by atoms with van der Waals surface area (Å²) in [7, 11) is 5.55. The van der Waals surface area contributed by atoms with Crippen LogP contribution in [0.2, 0.25) is 0 Å². The lowest BCUT2D eigenvalue weighted by Crippen LogP contribution is -2.50. The molecule has 382 valence electrons. The largest absolute Gasteiger partial charge is 0.477 e. The lowest BCUT2D eigenvalue weighted by molar-refractivity contribution is -0.887. The smallest absolute Gasteiger partial charge is 0.362 e. The van der Waals surface area contributed by atoms with E-state index in [2.05, 4.69) is 38.2 Å². The third kappa shape index (κ3) is 46.7. The van der Waals surface area contributed by atoms with E-state index in [4.69, 9.17) is 14.2 Å². The minimum atomic E-state index is -0.871. The Labute approximate surface area is 402 Å². The summed E-state index contributed by atoms with van der Waals surface area (Å²) in [5.74, 6) is -1.45. The van der Waals surface area contributed by atoms with Crippen LogP contribution in [0.15, 0.2) is 24.3 Å². The van der Waals surface area contributed by atoms with Crippen LogP contribution in [-0.2, 0) is 28.6 Å². The number of aliphatic carboxylic acids is 1. The molecule has 65 heavy (non-hydrogen) atoms. The van der Waals surface area contributed by atoms with Gasteiger partial charge in [0.15, 0.2) is 12.1 Å². The molecule has 8 nitrogen and oxygen atoms in total. The summed E-state index contributed by atoms with van der Waals surface area (Å²) in [4.78, 5) is 37.2. The molecule has 0 aliphatic heterocycles. The molecule has 2 atom stereocenters. The van der Waals surface area contributed by atoms with Crippen molar-refractivity contribution in [2.45, 2.75) is 283 Å². The van der Waals surface area contributed by atoms with Gasteiger partial charge >= 0.3 is 17.9 Å². The molecule has 0 aromatic rings. The van der Waals surface area contributed by atoms with Crippen molar-refractivity contribution < 1.29 is 38.2 Å². The summed E-state index contributed by atoms with van der Waals surface area (Å²) in [6.07, 6.45) is 56.6. The second kappa shape index (κ2) is 48.3. The van der Waals surface area contributed by atoms with Crippen LogP contribution in [0.4, 0.5) is 0 Å². The molecule has 8 heteroatoms. The number of carboxylic acids is 1. The molecule has 0 aromatic heterocycles. The number of carbonyl (C=O) groups excluding carboxylic acids is 2. The number of carboxylic acid groups (broad SMARTS) is 1. The fourth-order valence-electron chi connectivity index (χ4n) is 8.54. The van der Waals surface area contributed by atoms with E-state index in [0.29, 0.717) is 19.3 Å². The first-order chi connectivity index (χ1) is 31.6. The van der Waals surface area contributed by atoms with Crippen molar-refractivity contribution in [3.05, 3.63) is 24.3 Å². The standard InChI is InChI=1S/C57H107NO7/c1-6-8-10-12-14-16-18-20-22-24-26-27-28-29-30-32-34-36-38-40-42-44-46-48-56(60)65-53(51-63-50-49-54(57(61)62)58(3,4)5)52-64-55(59)47-45-43-41-39-37-35-33-31-25-23-21-19-17-15-13-11-9-7-2/h18,20,24,26,53-54H,6-17,19,21-23,25,27-52H2,1-5H3/p+1/b20-18-,26-24-. The molecule has 0 saturated heterocycles. The quantitative estimate of drug-likeness (QED) is 0.0281. The maximum atomic E-state index is 12.8. The van der Waals surface area contributed by atoms with E-state index in [1.165, 1.54) is 193 Å². The molecule has 0 spiro atoms. The Kier molecular flexibility index (Phi) is 46.6. The number of allylic oxidation sites excluding steroid dienone is 4. The van der Waals surface area contributed by atoms with Crippen LogP contribution < -0.4 is 0 Å². The van der Waals surface area contributed by atoms with E-state index < -0.39 is 18.1 Å². The average molecular weight is 919 g/mol. The highest BCUT2D eigenvalue weighted by Gasteiger charge is 2.31. The number of unbranched alkanes of at least 4 members (excludes halogenated alkanes) is 33. The van der Waals surface area contributed by atoms with Gasteiger partial charge in [-0.25, -0.2) is 4.79 Å². The Balaban J connectivity index is 4.16. The Morgan fingerprint density at radius 2 is 0.815 bits per heavy atom. The van der Waals surface area contributed by atoms with Gasteiger partial charge in [0, 0.05) is 19.3 Å². The monoisotopic (exact) mass is 919 g/mol. The fourth-order valence-corrected chi connectivity index (χ4v) is 8.54. The predicted octanol–water partition coefficient (Wildman–Crippen LogP) is 16.4. The third-order valence-electron chi connectivity index (χ3n) is 12.9. The molecule has 0 saturated carbocycles. The van der Waals surface area contributed by atoms with E-state index >= 15 is 0 Å². The first-order valence-electron chi connectivity index (χ1n) is 27.9. The molecule has 0 amide bonds. The maximum Gasteiger partial charge on any atom is 0.362 e. The Bertz CT molecular complexity index is 1120. The van der Waals surface area contributed by atoms with Crippen molar-refractivity contribution in [2.24, 2.45) is 0 Å². The third-order valence-corrected chi connectivity index (χ3v) is 12.9. The average Bonchev–Trinajstić information content (AvgIpc) is 3.27. The lowest BCUT2D eigenvalue weighted by Gasteiger charge is -2.31. The number of rotatable bonds is 51. The van der Waals surface area contributed by atoms with Crippen molar-refractivity contribution in [2.75, 3.05) is 41.0 Å². The van der Waals surface area contributed by atoms with Crippen molar-refractivity contribution in [3.63, 3.8) is 0 Å². The Morgan fingerprint density at radius 3 is 1.18 bits per heavy atom. The number of esters is 2. The summed E-state index contributed by atoms with van der Waals surface area (Å²) < 4.78 is 17.4. The van der Waals surface area contributed by atoms with Gasteiger partial charge in [0.05, 0.1) is 34.4 Å². The number of ether oxygens (including phenoxy) is 3. The molecule has 0 fully saturated rings. The molecule has 1 N–H and O–H groups in total. The Hall–Kier alpha value is -2.19. The molecule has 0 bridgehead atoms. The number of nitrogens with zero attached hydrogens (tertiary/aromatic N) is 1. The molecular formula is C57H108NO7+. The minimum absolute atomic E-state index is 0.0461. The normalized spacial score (nSPS) is 12.9. The van der Waals surface area contributed by atoms with Crippen molar-refractivity contribution in [1.82, 2.24) is 0 Å². The molecule has 0 aliphatic carbocycles. The van der Waals surface area contributed by atoms with Gasteiger partial charge in [0.2, 0.25) is 0 Å². The summed E-state index contributed by atoms with van der Waals surface area (Å²) in [5, 5.41) is 9.67. The highest BCUT2D eigenvalue weighted by molar-refractivity contribution is 5.72. The van der Waals surface area contributed by atoms with Crippen LogP contribution >= 0.6 is 0 Å². The number of hydrogen-bond donors (Lipinski definition) is 1. The summed E-state index contributed by atoms with van der Waals surface area (Å²) in [5.41, 5.74) is 0. The number of hydrogen-bond acceptors (Lipinski definition) is 6. The highest BCUT2D eigenvalue weighted by atomic mass is 16.6. The van der Waals surface area contributed by atoms with Crippen LogP contribution in [0.1, 0.15) is 271 Å². The van der Waals surface area contributed by atoms with Crippen molar-refractivity contribution in [3.8, 4) is 0 Å². The number of quaternary nitrogens is 1. The van der Waals surface area contributed by atoms with Crippen LogP contribution in [-0.4, -0.2) is 80.6 Å². The van der Waals surface area contributed by atoms with E-state index in [-0.39, 0.29) is 36.2 Å². The van der Waals surface area contributed by atoms with E-state index in [1.807, 2.05) is 21.1 Å². The number of likely N-dealkylation sites (N-methyl/N-ethyl adjacent to an activating group) is 1. The molecular weight excluding hydrogens is 811 g/mol. The van der Waals surface area contributed by atoms with Gasteiger partial charge in [-0.05, 0) is 44.9 Å². The predicted molar refractivity (Wildman–Crippen MR) is 275 cm³/mol. The van der Waals surface area contributed by atoms with E-state index in [1.54, 1.807) is 0 Å². The van der Waals surface area contributed by atoms with Gasteiger partial charge in [0.25, 0.3) is 0 Å². The van der Waals surface area contributed by atoms with Gasteiger partial charge in [-0.15, -0.1) is 0 Å². The van der Waals surface area contributed by atoms with Gasteiger partial charge in [0.1, 0.15) is 6.61 Å². The maximum absolute atomic E-state index is 12.8. The zero-order valence-electron chi connectivity index (χ0n) is 43.7. The molecule has 0 heterocycles. The van der Waals surface area contributed by atoms with E-state index in [9.17, 15) is 19.5 Å². The second-order valence-electron chi connectivity index (χ2n) is 20.2. The van der Waals surface area contributed by atoms with Gasteiger partial charge in [-0.2, -0.15) is 0 Å². The topological polar surface area (TPSA) is 99.1 Å². The SMILES string of the molecule is CCCCCCC/C=C\C/C=C\CCCCCCCCCCCCCC(=O)OC(COCCC(C(=O)O)[N+](C)(C)C)COC(=O)CCCCCCCCCCCCCCCCCCCC. The first kappa shape index (κ1) is 62.8. The van der Waals surface area contributed by atoms with Gasteiger partial charge in [-0.3, -0.25) is 9.59 Å². The van der Waals surface area contributed by atoms with Crippen LogP contribution in [0.5, 0.6) is 0 Å². The molecule has 0 radical (unpaired) electrons. The lowest BCUT2D eigenvalue weighted by atomic mass is 10.0. The van der Waals surface area contributed by atoms with Crippen LogP contribution in [0, 0.1) is 0 Å². The molecule has 2 unspecified atom stereocenters. The van der Waals surface area contributed by atoms with Crippen LogP contribution in [0.3, 0.4) is 0 Å².